The summed E-state index contributed by atoms with van der Waals surface area (Å²) < 4.78 is 0. The van der Waals surface area contributed by atoms with Crippen LogP contribution in [0.25, 0.3) is 0 Å². The van der Waals surface area contributed by atoms with E-state index in [1.807, 2.05) is 0 Å². The zero-order valence-electron chi connectivity index (χ0n) is 12.1. The number of piperidine rings is 1. The van der Waals surface area contributed by atoms with E-state index in [2.05, 4.69) is 16.0 Å². The van der Waals surface area contributed by atoms with Gasteiger partial charge in [-0.15, -0.1) is 0 Å². The first kappa shape index (κ1) is 15.7. The fourth-order valence-corrected chi connectivity index (χ4v) is 2.06. The van der Waals surface area contributed by atoms with Crippen molar-refractivity contribution in [2.75, 3.05) is 5.32 Å². The summed E-state index contributed by atoms with van der Waals surface area (Å²) in [5, 5.41) is 7.43. The van der Waals surface area contributed by atoms with Crippen LogP contribution in [0.1, 0.15) is 36.5 Å². The van der Waals surface area contributed by atoms with Crippen molar-refractivity contribution in [3.8, 4) is 0 Å². The first-order chi connectivity index (χ1) is 10.5. The van der Waals surface area contributed by atoms with Gasteiger partial charge in [0.15, 0.2) is 0 Å². The maximum atomic E-state index is 12.2. The Balaban J connectivity index is 2.03. The molecule has 2 rings (SSSR count). The van der Waals surface area contributed by atoms with Crippen molar-refractivity contribution in [1.29, 1.82) is 0 Å². The molecule has 0 aromatic heterocycles. The third kappa shape index (κ3) is 3.91. The van der Waals surface area contributed by atoms with Gasteiger partial charge in [-0.1, -0.05) is 13.0 Å². The van der Waals surface area contributed by atoms with E-state index >= 15 is 0 Å². The number of hydrogen-bond donors (Lipinski definition) is 3. The minimum Gasteiger partial charge on any atom is -0.340 e. The molecule has 116 valence electrons. The van der Waals surface area contributed by atoms with Crippen LogP contribution in [0.5, 0.6) is 0 Å². The van der Waals surface area contributed by atoms with Crippen molar-refractivity contribution in [2.24, 2.45) is 0 Å². The average molecular weight is 303 g/mol. The number of rotatable bonds is 4. The number of benzene rings is 1. The SMILES string of the molecule is CCC(=O)Nc1cccc(C(=O)NC2CCC(=O)NC2=O)c1. The van der Waals surface area contributed by atoms with Crippen LogP contribution in [0.15, 0.2) is 24.3 Å². The molecule has 1 aliphatic heterocycles. The third-order valence-corrected chi connectivity index (χ3v) is 3.27. The Morgan fingerprint density at radius 1 is 1.32 bits per heavy atom. The maximum absolute atomic E-state index is 12.2. The van der Waals surface area contributed by atoms with Gasteiger partial charge in [0.2, 0.25) is 17.7 Å². The largest absolute Gasteiger partial charge is 0.340 e. The molecule has 1 aromatic rings. The van der Waals surface area contributed by atoms with Crippen LogP contribution in [-0.4, -0.2) is 29.7 Å². The molecule has 22 heavy (non-hydrogen) atoms. The van der Waals surface area contributed by atoms with Gasteiger partial charge in [-0.2, -0.15) is 0 Å². The van der Waals surface area contributed by atoms with E-state index in [9.17, 15) is 19.2 Å². The lowest BCUT2D eigenvalue weighted by Crippen LogP contribution is -2.52. The Bertz CT molecular complexity index is 627. The lowest BCUT2D eigenvalue weighted by Gasteiger charge is -2.21. The molecule has 1 aromatic carbocycles. The van der Waals surface area contributed by atoms with Gasteiger partial charge in [0.25, 0.3) is 5.91 Å². The number of nitrogens with one attached hydrogen (secondary N) is 3. The molecule has 1 fully saturated rings. The molecule has 0 aliphatic carbocycles. The van der Waals surface area contributed by atoms with Crippen LogP contribution in [0.4, 0.5) is 5.69 Å². The number of imide groups is 1. The molecule has 3 N–H and O–H groups in total. The quantitative estimate of drug-likeness (QED) is 0.707. The highest BCUT2D eigenvalue weighted by atomic mass is 16.2. The van der Waals surface area contributed by atoms with E-state index < -0.39 is 17.9 Å². The Hall–Kier alpha value is -2.70. The van der Waals surface area contributed by atoms with Crippen molar-refractivity contribution in [2.45, 2.75) is 32.2 Å². The molecule has 1 heterocycles. The van der Waals surface area contributed by atoms with E-state index in [4.69, 9.17) is 0 Å². The highest BCUT2D eigenvalue weighted by Crippen LogP contribution is 2.12. The van der Waals surface area contributed by atoms with Gasteiger partial charge in [0, 0.05) is 24.1 Å². The summed E-state index contributed by atoms with van der Waals surface area (Å²) in [4.78, 5) is 46.2. The van der Waals surface area contributed by atoms with Gasteiger partial charge in [-0.05, 0) is 24.6 Å². The summed E-state index contributed by atoms with van der Waals surface area (Å²) in [5.41, 5.74) is 0.848. The normalized spacial score (nSPS) is 17.6. The van der Waals surface area contributed by atoms with Crippen LogP contribution < -0.4 is 16.0 Å². The number of anilines is 1. The fourth-order valence-electron chi connectivity index (χ4n) is 2.06. The van der Waals surface area contributed by atoms with E-state index in [-0.39, 0.29) is 24.7 Å². The molecular weight excluding hydrogens is 286 g/mol. The molecule has 1 saturated heterocycles. The molecule has 1 atom stereocenters. The molecule has 1 unspecified atom stereocenters. The molecule has 1 aliphatic rings. The molecular formula is C15H17N3O4. The molecule has 0 saturated carbocycles. The second-order valence-corrected chi connectivity index (χ2v) is 4.96. The molecule has 7 nitrogen and oxygen atoms in total. The predicted octanol–water partition coefficient (Wildman–Crippen LogP) is 0.570. The van der Waals surface area contributed by atoms with Crippen LogP contribution >= 0.6 is 0 Å². The van der Waals surface area contributed by atoms with Crippen LogP contribution in [0.3, 0.4) is 0 Å². The lowest BCUT2D eigenvalue weighted by atomic mass is 10.1. The second kappa shape index (κ2) is 6.84. The first-order valence-corrected chi connectivity index (χ1v) is 7.04. The van der Waals surface area contributed by atoms with Gasteiger partial charge >= 0.3 is 0 Å². The van der Waals surface area contributed by atoms with E-state index in [1.165, 1.54) is 6.07 Å². The topological polar surface area (TPSA) is 104 Å². The van der Waals surface area contributed by atoms with E-state index in [0.717, 1.165) is 0 Å². The highest BCUT2D eigenvalue weighted by molar-refractivity contribution is 6.04. The van der Waals surface area contributed by atoms with Crippen molar-refractivity contribution >= 4 is 29.3 Å². The van der Waals surface area contributed by atoms with Crippen molar-refractivity contribution in [1.82, 2.24) is 10.6 Å². The molecule has 7 heteroatoms. The lowest BCUT2D eigenvalue weighted by molar-refractivity contribution is -0.134. The zero-order valence-corrected chi connectivity index (χ0v) is 12.1. The van der Waals surface area contributed by atoms with Crippen LogP contribution in [0, 0.1) is 0 Å². The van der Waals surface area contributed by atoms with E-state index in [1.54, 1.807) is 25.1 Å². The molecule has 0 bridgehead atoms. The van der Waals surface area contributed by atoms with Gasteiger partial charge in [-0.3, -0.25) is 24.5 Å². The van der Waals surface area contributed by atoms with Gasteiger partial charge in [0.1, 0.15) is 6.04 Å². The number of amides is 4. The maximum Gasteiger partial charge on any atom is 0.252 e. The van der Waals surface area contributed by atoms with Crippen LogP contribution in [0.2, 0.25) is 0 Å². The molecule has 0 spiro atoms. The fraction of sp³-hybridized carbons (Fsp3) is 0.333. The monoisotopic (exact) mass is 303 g/mol. The summed E-state index contributed by atoms with van der Waals surface area (Å²) in [7, 11) is 0. The van der Waals surface area contributed by atoms with Crippen LogP contribution in [-0.2, 0) is 14.4 Å². The predicted molar refractivity (Wildman–Crippen MR) is 79.0 cm³/mol. The van der Waals surface area contributed by atoms with Crippen molar-refractivity contribution in [3.05, 3.63) is 29.8 Å². The summed E-state index contributed by atoms with van der Waals surface area (Å²) in [5.74, 6) is -1.41. The standard InChI is InChI=1S/C15H17N3O4/c1-2-12(19)16-10-5-3-4-9(8-10)14(21)17-11-6-7-13(20)18-15(11)22/h3-5,8,11H,2,6-7H2,1H3,(H,16,19)(H,17,21)(H,18,20,22). The van der Waals surface area contributed by atoms with Gasteiger partial charge in [-0.25, -0.2) is 0 Å². The number of hydrogen-bond acceptors (Lipinski definition) is 4. The van der Waals surface area contributed by atoms with Crippen molar-refractivity contribution < 1.29 is 19.2 Å². The Kier molecular flexibility index (Phi) is 4.88. The van der Waals surface area contributed by atoms with Gasteiger partial charge < -0.3 is 10.6 Å². The summed E-state index contributed by atoms with van der Waals surface area (Å²) in [6.07, 6.45) is 0.818. The highest BCUT2D eigenvalue weighted by Gasteiger charge is 2.28. The first-order valence-electron chi connectivity index (χ1n) is 7.04. The Morgan fingerprint density at radius 2 is 2.09 bits per heavy atom. The minimum atomic E-state index is -0.723. The Morgan fingerprint density at radius 3 is 2.77 bits per heavy atom. The minimum absolute atomic E-state index is 0.150. The molecule has 4 amide bonds. The summed E-state index contributed by atoms with van der Waals surface area (Å²) in [6, 6.07) is 5.72. The summed E-state index contributed by atoms with van der Waals surface area (Å²) >= 11 is 0. The third-order valence-electron chi connectivity index (χ3n) is 3.27. The summed E-state index contributed by atoms with van der Waals surface area (Å²) in [6.45, 7) is 1.73. The smallest absolute Gasteiger partial charge is 0.252 e. The average Bonchev–Trinajstić information content (AvgIpc) is 2.50. The van der Waals surface area contributed by atoms with Gasteiger partial charge in [0.05, 0.1) is 0 Å². The number of carbonyl (C=O) groups is 4. The number of carbonyl (C=O) groups excluding carboxylic acids is 4. The second-order valence-electron chi connectivity index (χ2n) is 4.96. The van der Waals surface area contributed by atoms with E-state index in [0.29, 0.717) is 17.7 Å². The Labute approximate surface area is 127 Å². The van der Waals surface area contributed by atoms with Crippen molar-refractivity contribution in [3.63, 3.8) is 0 Å². The molecule has 0 radical (unpaired) electrons. The zero-order chi connectivity index (χ0) is 16.1.